The first-order valence-corrected chi connectivity index (χ1v) is 48.1. The summed E-state index contributed by atoms with van der Waals surface area (Å²) < 4.78 is 0. The van der Waals surface area contributed by atoms with Crippen LogP contribution in [0.3, 0.4) is 0 Å². The Hall–Kier alpha value is -15.7. The number of aliphatic hydroxyl groups is 3. The summed E-state index contributed by atoms with van der Waals surface area (Å²) in [6.07, 6.45) is -2.07. The fourth-order valence-corrected chi connectivity index (χ4v) is 14.1. The fourth-order valence-electron chi connectivity index (χ4n) is 14.1. The highest BCUT2D eigenvalue weighted by Gasteiger charge is 2.40. The van der Waals surface area contributed by atoms with Crippen molar-refractivity contribution < 1.29 is 146 Å². The zero-order valence-corrected chi connectivity index (χ0v) is 83.8. The van der Waals surface area contributed by atoms with Crippen molar-refractivity contribution >= 4 is 142 Å². The van der Waals surface area contributed by atoms with Gasteiger partial charge >= 0.3 is 17.9 Å². The molecule has 2 aromatic carbocycles. The molecule has 3 rings (SSSR count). The number of primary amides is 1. The van der Waals surface area contributed by atoms with Gasteiger partial charge < -0.3 is 181 Å². The van der Waals surface area contributed by atoms with Crippen molar-refractivity contribution in [2.45, 2.75) is 266 Å². The van der Waals surface area contributed by atoms with E-state index in [0.29, 0.717) is 24.8 Å². The van der Waals surface area contributed by atoms with Gasteiger partial charge in [-0.2, -0.15) is 0 Å². The molecule has 0 saturated heterocycles. The number of aliphatic carboxylic acids is 3. The summed E-state index contributed by atoms with van der Waals surface area (Å²) in [5.74, 6) is -27.9. The Bertz CT molecular complexity index is 5040. The number of carbonyl (C=O) groups is 23. The lowest BCUT2D eigenvalue weighted by Gasteiger charge is -2.27. The van der Waals surface area contributed by atoms with Crippen molar-refractivity contribution in [1.82, 2.24) is 116 Å². The Morgan fingerprint density at radius 1 is 0.367 bits per heavy atom. The molecular formula is C91H143N29O30. The quantitative estimate of drug-likeness (QED) is 0.0142. The number of carboxylic acid groups (broad SMARTS) is 3. The molecule has 59 nitrogen and oxygen atoms in total. The third-order valence-electron chi connectivity index (χ3n) is 22.5. The number of nitrogens with one attached hydrogen (secondary N) is 22. The number of phenolic OH excluding ortho intramolecular Hbond substituents is 1. The van der Waals surface area contributed by atoms with Gasteiger partial charge in [-0.1, -0.05) is 56.3 Å². The van der Waals surface area contributed by atoms with E-state index in [9.17, 15) is 146 Å². The average Bonchev–Trinajstić information content (AvgIpc) is 1.38. The summed E-state index contributed by atoms with van der Waals surface area (Å²) in [6, 6.07) is -14.9. The molecule has 0 spiro atoms. The van der Waals surface area contributed by atoms with Crippen molar-refractivity contribution in [3.05, 3.63) is 83.9 Å². The first-order valence-electron chi connectivity index (χ1n) is 48.1. The number of nitrogens with two attached hydrogens (primary N) is 6. The maximum Gasteiger partial charge on any atom is 0.328 e. The van der Waals surface area contributed by atoms with Crippen LogP contribution in [-0.4, -0.2) is 356 Å². The van der Waals surface area contributed by atoms with Crippen molar-refractivity contribution in [3.63, 3.8) is 0 Å². The Balaban J connectivity index is 1.83. The summed E-state index contributed by atoms with van der Waals surface area (Å²) in [4.78, 5) is 317. The van der Waals surface area contributed by atoms with Crippen molar-refractivity contribution in [2.24, 2.45) is 40.3 Å². The molecule has 0 aliphatic carbocycles. The summed E-state index contributed by atoms with van der Waals surface area (Å²) in [7, 11) is 0. The van der Waals surface area contributed by atoms with Gasteiger partial charge in [0.2, 0.25) is 118 Å². The lowest BCUT2D eigenvalue weighted by molar-refractivity contribution is -0.145. The monoisotopic (exact) mass is 2120 g/mol. The number of rotatable bonds is 72. The van der Waals surface area contributed by atoms with Crippen LogP contribution in [0.1, 0.15) is 155 Å². The van der Waals surface area contributed by atoms with E-state index in [1.807, 2.05) is 5.32 Å². The molecule has 1 aromatic heterocycles. The second kappa shape index (κ2) is 67.9. The highest BCUT2D eigenvalue weighted by molar-refractivity contribution is 6.03. The minimum Gasteiger partial charge on any atom is -0.508 e. The lowest BCUT2D eigenvalue weighted by Crippen LogP contribution is -2.61. The molecule has 59 heteroatoms. The van der Waals surface area contributed by atoms with Crippen molar-refractivity contribution in [1.29, 1.82) is 5.41 Å². The zero-order chi connectivity index (χ0) is 113. The van der Waals surface area contributed by atoms with Crippen LogP contribution in [-0.2, 0) is 130 Å². The van der Waals surface area contributed by atoms with E-state index in [-0.39, 0.29) is 113 Å². The van der Waals surface area contributed by atoms with E-state index in [4.69, 9.17) is 39.8 Å². The molecule has 0 aliphatic heterocycles. The molecule has 0 radical (unpaired) electrons. The number of hydrogen-bond acceptors (Lipinski definition) is 33. The zero-order valence-electron chi connectivity index (χ0n) is 83.8. The summed E-state index contributed by atoms with van der Waals surface area (Å²) in [6.45, 7) is 3.01. The van der Waals surface area contributed by atoms with Crippen LogP contribution in [0.2, 0.25) is 0 Å². The van der Waals surface area contributed by atoms with Gasteiger partial charge in [0.05, 0.1) is 64.2 Å². The SMILES string of the molecule is CC(C)[C@H](NC(=O)CNC(=O)[C@H](CCCCN)NC(=O)[C@H](Cc1ccccc1)NC(=O)CNC(=O)[C@H](CCCCN)NC(=O)[C@H](Cc1cnc[nH]1)NC(=O)[C@H](C)NC(=O)[C@H](CO)NC(=O)[C@H](CCCCN)NC(=O)[C@H](Cc1ccc(O)cc1)NC(=O)[C@H](CC(=O)O)NC(=O)[C@H](CO)NC(=O)[C@H](C)NC(=O)[C@@H](N)CCCNC(=N)N)C(=O)N[C@@H](CC(=O)O)C(=O)N[C@@H](C)C(=O)N[C@@H](CCC(N)=O)C(=O)NCC(=O)N[C@H](C(=O)O)[C@@H](C)O. The first-order chi connectivity index (χ1) is 70.8. The van der Waals surface area contributed by atoms with E-state index in [1.54, 1.807) is 30.3 Å². The molecule has 1 heterocycles. The van der Waals surface area contributed by atoms with Gasteiger partial charge in [-0.25, -0.2) is 9.78 Å². The second-order valence-corrected chi connectivity index (χ2v) is 35.3. The molecule has 0 fully saturated rings. The van der Waals surface area contributed by atoms with Gasteiger partial charge in [0.25, 0.3) is 0 Å². The van der Waals surface area contributed by atoms with Gasteiger partial charge in [-0.05, 0) is 154 Å². The number of aliphatic hydroxyl groups excluding tert-OH is 3. The van der Waals surface area contributed by atoms with Crippen LogP contribution in [0, 0.1) is 11.3 Å². The van der Waals surface area contributed by atoms with Gasteiger partial charge in [-0.15, -0.1) is 0 Å². The number of imidazole rings is 1. The van der Waals surface area contributed by atoms with Gasteiger partial charge in [0, 0.05) is 44.1 Å². The predicted molar refractivity (Wildman–Crippen MR) is 528 cm³/mol. The largest absolute Gasteiger partial charge is 0.508 e. The Morgan fingerprint density at radius 3 is 1.13 bits per heavy atom. The third kappa shape index (κ3) is 49.2. The van der Waals surface area contributed by atoms with E-state index < -0.39 is 316 Å². The minimum absolute atomic E-state index is 0.0710. The maximum atomic E-state index is 14.6. The second-order valence-electron chi connectivity index (χ2n) is 35.3. The average molecular weight is 2120 g/mol. The molecule has 150 heavy (non-hydrogen) atoms. The van der Waals surface area contributed by atoms with Crippen LogP contribution < -0.4 is 141 Å². The number of aromatic nitrogens is 2. The van der Waals surface area contributed by atoms with Crippen molar-refractivity contribution in [2.75, 3.05) is 59.0 Å². The van der Waals surface area contributed by atoms with E-state index in [1.165, 1.54) is 57.6 Å². The number of carboxylic acids is 3. The Labute approximate surface area is 861 Å². The Kier molecular flexibility index (Phi) is 58.1. The number of aromatic amines is 1. The smallest absolute Gasteiger partial charge is 0.328 e. The Morgan fingerprint density at radius 2 is 0.713 bits per heavy atom. The van der Waals surface area contributed by atoms with E-state index in [2.05, 4.69) is 111 Å². The summed E-state index contributed by atoms with van der Waals surface area (Å²) in [5, 5.41) is 124. The highest BCUT2D eigenvalue weighted by Crippen LogP contribution is 2.16. The number of benzene rings is 2. The number of nitrogens with zero attached hydrogens (tertiary/aromatic N) is 1. The van der Waals surface area contributed by atoms with Gasteiger partial charge in [-0.3, -0.25) is 111 Å². The number of amides is 20. The standard InChI is InChI=1S/C91H143N29O30/c1-45(2)72(89(148)116-62(36-70(129)130)82(141)106-47(4)74(133)109-58(27-28-66(96)125)80(139)103-41-69(128)120-73(49(6)123)90(149)150)119-68(127)40-102-79(138)55(20-10-13-29-92)110-83(142)59(33-50-17-8-7-9-18-50)108-67(126)39-101-78(137)56(21-11-14-30-93)111-85(144)61(35-52-38-99-44-104-52)113-75(134)48(5)107-87(146)64(42-121)118-81(140)57(22-12-15-31-94)112-84(143)60(34-51-23-25-53(124)26-24-51)114-86(145)63(37-71(131)132)115-88(147)65(43-122)117-76(135)46(3)105-77(136)54(95)19-16-32-100-91(97)98/h7-9,17-18,23-26,38,44-49,54-65,72-73,121-124H,10-16,19-22,27-37,39-43,92-95H2,1-6H3,(H2,96,125)(H,99,104)(H,101,137)(H,102,138)(H,103,139)(H,105,136)(H,106,141)(H,107,146)(H,108,126)(H,109,133)(H,110,142)(H,111,144)(H,112,143)(H,113,134)(H,114,145)(H,115,147)(H,116,148)(H,117,135)(H,118,140)(H,119,127)(H,120,128)(H,129,130)(H,131,132)(H,149,150)(H4,97,98,100)/t46-,47-,48-,49+,54-,55-,56-,57-,58-,59-,60-,61-,62-,63-,64-,65-,72-,73-/m0/s1. The van der Waals surface area contributed by atoms with Crippen LogP contribution in [0.4, 0.5) is 0 Å². The molecule has 0 bridgehead atoms. The van der Waals surface area contributed by atoms with Crippen molar-refractivity contribution in [3.8, 4) is 5.75 Å². The van der Waals surface area contributed by atoms with Crippen LogP contribution in [0.5, 0.6) is 5.75 Å². The van der Waals surface area contributed by atoms with Crippen LogP contribution >= 0.6 is 0 Å². The van der Waals surface area contributed by atoms with E-state index in [0.717, 1.165) is 20.8 Å². The molecule has 20 amide bonds. The third-order valence-corrected chi connectivity index (χ3v) is 22.5. The minimum atomic E-state index is -2.07. The van der Waals surface area contributed by atoms with Crippen LogP contribution in [0.15, 0.2) is 67.1 Å². The number of carbonyl (C=O) groups excluding carboxylic acids is 20. The number of unbranched alkanes of at least 4 members (excludes halogenated alkanes) is 3. The number of phenols is 1. The molecular weight excluding hydrogens is 1980 g/mol. The summed E-state index contributed by atoms with van der Waals surface area (Å²) >= 11 is 0. The first kappa shape index (κ1) is 128. The molecule has 0 aliphatic rings. The number of H-pyrrole nitrogens is 1. The molecule has 41 N–H and O–H groups in total. The van der Waals surface area contributed by atoms with Gasteiger partial charge in [0.15, 0.2) is 12.0 Å². The normalized spacial score (nSPS) is 14.6. The van der Waals surface area contributed by atoms with E-state index >= 15 is 0 Å². The number of aromatic hydroxyl groups is 1. The van der Waals surface area contributed by atoms with Crippen LogP contribution in [0.25, 0.3) is 0 Å². The molecule has 832 valence electrons. The van der Waals surface area contributed by atoms with Gasteiger partial charge in [0.1, 0.15) is 96.4 Å². The summed E-state index contributed by atoms with van der Waals surface area (Å²) in [5.41, 5.74) is 34.8. The topological polar surface area (TPSA) is 983 Å². The molecule has 0 saturated carbocycles. The maximum absolute atomic E-state index is 14.6. The molecule has 3 aromatic rings. The molecule has 18 atom stereocenters. The highest BCUT2D eigenvalue weighted by atomic mass is 16.4. The fraction of sp³-hybridized carbons (Fsp3) is 0.571. The molecule has 0 unspecified atom stereocenters. The number of guanidine groups is 1. The predicted octanol–water partition coefficient (Wildman–Crippen LogP) is -13.4. The lowest BCUT2D eigenvalue weighted by atomic mass is 10.0. The number of hydrogen-bond donors (Lipinski definition) is 35.